The lowest BCUT2D eigenvalue weighted by molar-refractivity contribution is -0.0178. The number of ether oxygens (including phenoxy) is 1. The molecule has 3 heterocycles. The third-order valence-electron chi connectivity index (χ3n) is 5.16. The van der Waals surface area contributed by atoms with Gasteiger partial charge in [0.2, 0.25) is 5.95 Å². The number of benzene rings is 2. The minimum atomic E-state index is -0.192. The van der Waals surface area contributed by atoms with Crippen LogP contribution >= 0.6 is 0 Å². The predicted octanol–water partition coefficient (Wildman–Crippen LogP) is 3.08. The van der Waals surface area contributed by atoms with Crippen molar-refractivity contribution in [1.82, 2.24) is 19.7 Å². The Bertz CT molecular complexity index is 1190. The van der Waals surface area contributed by atoms with E-state index in [0.717, 1.165) is 11.3 Å². The second kappa shape index (κ2) is 7.18. The van der Waals surface area contributed by atoms with Gasteiger partial charge in [-0.1, -0.05) is 48.5 Å². The minimum absolute atomic E-state index is 0.00832. The van der Waals surface area contributed by atoms with Gasteiger partial charge in [0.15, 0.2) is 5.65 Å². The summed E-state index contributed by atoms with van der Waals surface area (Å²) in [4.78, 5) is 22.5. The van der Waals surface area contributed by atoms with Crippen LogP contribution in [-0.2, 0) is 4.74 Å². The van der Waals surface area contributed by atoms with E-state index in [9.17, 15) is 4.79 Å². The Morgan fingerprint density at radius 2 is 1.76 bits per heavy atom. The van der Waals surface area contributed by atoms with Crippen molar-refractivity contribution in [3.8, 4) is 5.69 Å². The topological polar surface area (TPSA) is 76.0 Å². The summed E-state index contributed by atoms with van der Waals surface area (Å²) in [6.07, 6.45) is 1.49. The van der Waals surface area contributed by atoms with Gasteiger partial charge in [-0.2, -0.15) is 10.1 Å². The zero-order valence-corrected chi connectivity index (χ0v) is 16.0. The van der Waals surface area contributed by atoms with Gasteiger partial charge in [0, 0.05) is 6.54 Å². The highest BCUT2D eigenvalue weighted by atomic mass is 16.5. The molecule has 5 rings (SSSR count). The van der Waals surface area contributed by atoms with Gasteiger partial charge in [-0.15, -0.1) is 0 Å². The van der Waals surface area contributed by atoms with Crippen molar-refractivity contribution in [2.75, 3.05) is 18.0 Å². The number of hydrogen-bond acceptors (Lipinski definition) is 5. The summed E-state index contributed by atoms with van der Waals surface area (Å²) in [5, 5.41) is 4.85. The quantitative estimate of drug-likeness (QED) is 0.585. The van der Waals surface area contributed by atoms with Gasteiger partial charge >= 0.3 is 0 Å². The lowest BCUT2D eigenvalue weighted by Gasteiger charge is -2.37. The van der Waals surface area contributed by atoms with Crippen LogP contribution < -0.4 is 10.5 Å². The maximum Gasteiger partial charge on any atom is 0.263 e. The van der Waals surface area contributed by atoms with E-state index in [1.54, 1.807) is 10.9 Å². The zero-order chi connectivity index (χ0) is 19.8. The van der Waals surface area contributed by atoms with Crippen LogP contribution in [0.25, 0.3) is 16.7 Å². The first kappa shape index (κ1) is 17.6. The maximum atomic E-state index is 12.7. The zero-order valence-electron chi connectivity index (χ0n) is 16.0. The molecule has 1 saturated heterocycles. The second-order valence-corrected chi connectivity index (χ2v) is 7.27. The molecule has 7 heteroatoms. The molecule has 0 bridgehead atoms. The molecule has 29 heavy (non-hydrogen) atoms. The van der Waals surface area contributed by atoms with E-state index in [1.165, 1.54) is 0 Å². The van der Waals surface area contributed by atoms with E-state index < -0.39 is 0 Å². The summed E-state index contributed by atoms with van der Waals surface area (Å²) < 4.78 is 7.84. The fraction of sp³-hybridized carbons (Fsp3) is 0.227. The molecule has 7 nitrogen and oxygen atoms in total. The molecule has 2 aromatic carbocycles. The molecule has 0 spiro atoms. The molecule has 2 aromatic heterocycles. The molecule has 1 N–H and O–H groups in total. The number of para-hydroxylation sites is 1. The Morgan fingerprint density at radius 1 is 1.03 bits per heavy atom. The van der Waals surface area contributed by atoms with Gasteiger partial charge < -0.3 is 9.64 Å². The number of fused-ring (bicyclic) bond motifs is 1. The molecule has 2 atom stereocenters. The van der Waals surface area contributed by atoms with E-state index in [4.69, 9.17) is 9.72 Å². The first-order valence-corrected chi connectivity index (χ1v) is 9.68. The highest BCUT2D eigenvalue weighted by Gasteiger charge is 2.28. The Balaban J connectivity index is 1.55. The van der Waals surface area contributed by atoms with E-state index >= 15 is 0 Å². The number of aromatic nitrogens is 4. The first-order valence-electron chi connectivity index (χ1n) is 9.68. The summed E-state index contributed by atoms with van der Waals surface area (Å²) >= 11 is 0. The largest absolute Gasteiger partial charge is 0.367 e. The van der Waals surface area contributed by atoms with Crippen LogP contribution in [-0.4, -0.2) is 38.9 Å². The van der Waals surface area contributed by atoms with Crippen molar-refractivity contribution in [2.45, 2.75) is 19.1 Å². The molecule has 0 saturated carbocycles. The van der Waals surface area contributed by atoms with Gasteiger partial charge in [0.1, 0.15) is 11.5 Å². The lowest BCUT2D eigenvalue weighted by Crippen LogP contribution is -2.44. The number of H-pyrrole nitrogens is 1. The Kier molecular flexibility index (Phi) is 4.37. The smallest absolute Gasteiger partial charge is 0.263 e. The highest BCUT2D eigenvalue weighted by Crippen LogP contribution is 2.27. The van der Waals surface area contributed by atoms with Crippen LogP contribution in [0.1, 0.15) is 18.6 Å². The molecular formula is C22H21N5O2. The van der Waals surface area contributed by atoms with Crippen molar-refractivity contribution in [2.24, 2.45) is 0 Å². The minimum Gasteiger partial charge on any atom is -0.367 e. The van der Waals surface area contributed by atoms with Gasteiger partial charge in [-0.3, -0.25) is 9.78 Å². The average molecular weight is 387 g/mol. The van der Waals surface area contributed by atoms with Crippen molar-refractivity contribution < 1.29 is 4.74 Å². The van der Waals surface area contributed by atoms with E-state index in [1.807, 2.05) is 55.5 Å². The fourth-order valence-corrected chi connectivity index (χ4v) is 3.79. The van der Waals surface area contributed by atoms with Gasteiger partial charge in [0.25, 0.3) is 5.56 Å². The van der Waals surface area contributed by atoms with E-state index in [-0.39, 0.29) is 17.8 Å². The van der Waals surface area contributed by atoms with Crippen LogP contribution in [0, 0.1) is 0 Å². The van der Waals surface area contributed by atoms with Crippen molar-refractivity contribution in [3.05, 3.63) is 82.8 Å². The second-order valence-electron chi connectivity index (χ2n) is 7.27. The van der Waals surface area contributed by atoms with Crippen molar-refractivity contribution in [3.63, 3.8) is 0 Å². The van der Waals surface area contributed by atoms with Gasteiger partial charge in [-0.25, -0.2) is 4.68 Å². The lowest BCUT2D eigenvalue weighted by atomic mass is 10.1. The van der Waals surface area contributed by atoms with Crippen LogP contribution in [0.5, 0.6) is 0 Å². The summed E-state index contributed by atoms with van der Waals surface area (Å²) in [5.74, 6) is 0.538. The molecular weight excluding hydrogens is 366 g/mol. The molecule has 0 amide bonds. The summed E-state index contributed by atoms with van der Waals surface area (Å²) in [5.41, 5.74) is 2.33. The average Bonchev–Trinajstić information content (AvgIpc) is 3.19. The van der Waals surface area contributed by atoms with Crippen LogP contribution in [0.15, 0.2) is 71.7 Å². The number of anilines is 1. The molecule has 1 aliphatic rings. The number of hydrogen-bond donors (Lipinski definition) is 1. The Hall–Kier alpha value is -3.45. The number of nitrogens with zero attached hydrogens (tertiary/aromatic N) is 4. The van der Waals surface area contributed by atoms with Crippen molar-refractivity contribution >= 4 is 17.0 Å². The van der Waals surface area contributed by atoms with Gasteiger partial charge in [0.05, 0.1) is 24.5 Å². The molecule has 2 unspecified atom stereocenters. The van der Waals surface area contributed by atoms with E-state index in [0.29, 0.717) is 30.1 Å². The number of morpholine rings is 1. The molecule has 0 aliphatic carbocycles. The summed E-state index contributed by atoms with van der Waals surface area (Å²) in [6.45, 7) is 3.30. The third kappa shape index (κ3) is 3.30. The van der Waals surface area contributed by atoms with Crippen molar-refractivity contribution in [1.29, 1.82) is 0 Å². The first-order chi connectivity index (χ1) is 14.2. The molecule has 146 valence electrons. The molecule has 0 radical (unpaired) electrons. The molecule has 1 fully saturated rings. The number of rotatable bonds is 3. The maximum absolute atomic E-state index is 12.7. The number of aromatic amines is 1. The SMILES string of the molecule is CC1CN(c2nc3c(cnn3-c3ccccc3)c(=O)[nH]2)CC(c2ccccc2)O1. The summed E-state index contributed by atoms with van der Waals surface area (Å²) in [6, 6.07) is 19.8. The highest BCUT2D eigenvalue weighted by molar-refractivity contribution is 5.76. The van der Waals surface area contributed by atoms with E-state index in [2.05, 4.69) is 27.1 Å². The fourth-order valence-electron chi connectivity index (χ4n) is 3.79. The van der Waals surface area contributed by atoms with Gasteiger partial charge in [-0.05, 0) is 24.6 Å². The Labute approximate surface area is 167 Å². The van der Waals surface area contributed by atoms with Crippen LogP contribution in [0.4, 0.5) is 5.95 Å². The number of nitrogens with one attached hydrogen (secondary N) is 1. The Morgan fingerprint density at radius 3 is 2.52 bits per heavy atom. The summed E-state index contributed by atoms with van der Waals surface area (Å²) in [7, 11) is 0. The van der Waals surface area contributed by atoms with Crippen LogP contribution in [0.3, 0.4) is 0 Å². The molecule has 1 aliphatic heterocycles. The standard InChI is InChI=1S/C22H21N5O2/c1-15-13-26(14-19(29-15)16-8-4-2-5-9-16)22-24-20-18(21(28)25-22)12-23-27(20)17-10-6-3-7-11-17/h2-12,15,19H,13-14H2,1H3,(H,24,25,28). The third-order valence-corrected chi connectivity index (χ3v) is 5.16. The monoisotopic (exact) mass is 387 g/mol. The van der Waals surface area contributed by atoms with Crippen LogP contribution in [0.2, 0.25) is 0 Å². The molecule has 4 aromatic rings. The predicted molar refractivity (Wildman–Crippen MR) is 111 cm³/mol. The normalized spacial score (nSPS) is 19.6.